The van der Waals surface area contributed by atoms with Gasteiger partial charge in [-0.15, -0.1) is 0 Å². The van der Waals surface area contributed by atoms with Gasteiger partial charge < -0.3 is 20.1 Å². The van der Waals surface area contributed by atoms with Gasteiger partial charge in [0, 0.05) is 18.8 Å². The molecule has 5 nitrogen and oxygen atoms in total. The number of benzene rings is 1. The summed E-state index contributed by atoms with van der Waals surface area (Å²) in [6, 6.07) is 7.26. The minimum atomic E-state index is -0.0335. The molecule has 0 radical (unpaired) electrons. The Morgan fingerprint density at radius 1 is 1.50 bits per heavy atom. The first-order chi connectivity index (χ1) is 8.78. The van der Waals surface area contributed by atoms with Crippen LogP contribution in [0.4, 0.5) is 5.69 Å². The molecule has 1 atom stereocenters. The lowest BCUT2D eigenvalue weighted by molar-refractivity contribution is -0.119. The molecule has 2 N–H and O–H groups in total. The van der Waals surface area contributed by atoms with E-state index < -0.39 is 0 Å². The van der Waals surface area contributed by atoms with Gasteiger partial charge in [0.15, 0.2) is 0 Å². The average Bonchev–Trinajstić information content (AvgIpc) is 2.40. The van der Waals surface area contributed by atoms with Crippen LogP contribution in [0.5, 0.6) is 5.75 Å². The maximum Gasteiger partial charge on any atom is 0.227 e. The Hall–Kier alpha value is -1.59. The van der Waals surface area contributed by atoms with Crippen molar-refractivity contribution in [2.45, 2.75) is 12.5 Å². The second-order valence-corrected chi connectivity index (χ2v) is 4.18. The normalized spacial score (nSPS) is 19.3. The number of methoxy groups -OCH3 is 1. The largest absolute Gasteiger partial charge is 0.497 e. The maximum absolute atomic E-state index is 11.8. The lowest BCUT2D eigenvalue weighted by Gasteiger charge is -2.23. The molecule has 1 aliphatic rings. The van der Waals surface area contributed by atoms with Crippen molar-refractivity contribution in [2.24, 2.45) is 0 Å². The quantitative estimate of drug-likeness (QED) is 0.837. The summed E-state index contributed by atoms with van der Waals surface area (Å²) in [5.41, 5.74) is 0.768. The van der Waals surface area contributed by atoms with Gasteiger partial charge in [0.25, 0.3) is 0 Å². The van der Waals surface area contributed by atoms with Gasteiger partial charge in [-0.05, 0) is 24.3 Å². The summed E-state index contributed by atoms with van der Waals surface area (Å²) in [6.45, 7) is 2.26. The summed E-state index contributed by atoms with van der Waals surface area (Å²) < 4.78 is 10.5. The van der Waals surface area contributed by atoms with Crippen LogP contribution in [0.2, 0.25) is 0 Å². The molecule has 0 aliphatic carbocycles. The molecule has 0 aromatic heterocycles. The van der Waals surface area contributed by atoms with Crippen LogP contribution in [0.1, 0.15) is 6.42 Å². The number of carbonyl (C=O) groups excluding carboxylic acids is 1. The third-order valence-electron chi connectivity index (χ3n) is 2.79. The number of morpholine rings is 1. The highest BCUT2D eigenvalue weighted by molar-refractivity contribution is 5.91. The van der Waals surface area contributed by atoms with Crippen LogP contribution in [-0.2, 0) is 9.53 Å². The van der Waals surface area contributed by atoms with Gasteiger partial charge in [-0.3, -0.25) is 4.79 Å². The lowest BCUT2D eigenvalue weighted by atomic mass is 10.2. The van der Waals surface area contributed by atoms with E-state index in [1.807, 2.05) is 24.3 Å². The summed E-state index contributed by atoms with van der Waals surface area (Å²) in [5, 5.41) is 6.04. The van der Waals surface area contributed by atoms with E-state index in [0.717, 1.165) is 24.5 Å². The zero-order chi connectivity index (χ0) is 12.8. The van der Waals surface area contributed by atoms with Gasteiger partial charge in [-0.2, -0.15) is 0 Å². The molecule has 1 aliphatic heterocycles. The first-order valence-electron chi connectivity index (χ1n) is 6.04. The van der Waals surface area contributed by atoms with E-state index in [1.54, 1.807) is 7.11 Å². The van der Waals surface area contributed by atoms with E-state index >= 15 is 0 Å². The number of amides is 1. The number of carbonyl (C=O) groups is 1. The van der Waals surface area contributed by atoms with Crippen LogP contribution in [-0.4, -0.2) is 38.8 Å². The Morgan fingerprint density at radius 2 is 2.28 bits per heavy atom. The van der Waals surface area contributed by atoms with E-state index in [2.05, 4.69) is 10.6 Å². The van der Waals surface area contributed by atoms with Crippen molar-refractivity contribution in [2.75, 3.05) is 32.1 Å². The van der Waals surface area contributed by atoms with Gasteiger partial charge in [-0.1, -0.05) is 0 Å². The van der Waals surface area contributed by atoms with Crippen molar-refractivity contribution in [1.82, 2.24) is 5.32 Å². The van der Waals surface area contributed by atoms with Crippen LogP contribution >= 0.6 is 0 Å². The summed E-state index contributed by atoms with van der Waals surface area (Å²) >= 11 is 0. The van der Waals surface area contributed by atoms with Crippen LogP contribution in [0.25, 0.3) is 0 Å². The zero-order valence-electron chi connectivity index (χ0n) is 10.4. The maximum atomic E-state index is 11.8. The average molecular weight is 250 g/mol. The molecule has 1 unspecified atom stereocenters. The Labute approximate surface area is 106 Å². The minimum Gasteiger partial charge on any atom is -0.497 e. The van der Waals surface area contributed by atoms with Gasteiger partial charge in [0.2, 0.25) is 5.91 Å². The third-order valence-corrected chi connectivity index (χ3v) is 2.79. The predicted octanol–water partition coefficient (Wildman–Crippen LogP) is 1.01. The standard InChI is InChI=1S/C13H18N2O3/c1-17-11-4-2-10(3-5-11)15-13(16)8-12-9-14-6-7-18-12/h2-5,12,14H,6-9H2,1H3,(H,15,16). The van der Waals surface area contributed by atoms with Crippen molar-refractivity contribution < 1.29 is 14.3 Å². The molecule has 0 saturated carbocycles. The molecule has 98 valence electrons. The van der Waals surface area contributed by atoms with Gasteiger partial charge in [0.1, 0.15) is 5.75 Å². The van der Waals surface area contributed by atoms with Crippen molar-refractivity contribution >= 4 is 11.6 Å². The second kappa shape index (κ2) is 6.37. The van der Waals surface area contributed by atoms with Crippen molar-refractivity contribution in [3.63, 3.8) is 0 Å². The van der Waals surface area contributed by atoms with E-state index in [1.165, 1.54) is 0 Å². The Kier molecular flexibility index (Phi) is 4.55. The van der Waals surface area contributed by atoms with Crippen molar-refractivity contribution in [3.8, 4) is 5.75 Å². The Morgan fingerprint density at radius 3 is 2.89 bits per heavy atom. The van der Waals surface area contributed by atoms with Crippen LogP contribution < -0.4 is 15.4 Å². The molecule has 1 saturated heterocycles. The monoisotopic (exact) mass is 250 g/mol. The highest BCUT2D eigenvalue weighted by Gasteiger charge is 2.17. The number of hydrogen-bond donors (Lipinski definition) is 2. The minimum absolute atomic E-state index is 0.0306. The van der Waals surface area contributed by atoms with Crippen LogP contribution in [0.3, 0.4) is 0 Å². The third kappa shape index (κ3) is 3.72. The molecule has 1 aromatic carbocycles. The van der Waals surface area contributed by atoms with Gasteiger partial charge in [-0.25, -0.2) is 0 Å². The number of anilines is 1. The molecule has 0 bridgehead atoms. The van der Waals surface area contributed by atoms with Gasteiger partial charge >= 0.3 is 0 Å². The lowest BCUT2D eigenvalue weighted by Crippen LogP contribution is -2.40. The zero-order valence-corrected chi connectivity index (χ0v) is 10.4. The molecular formula is C13H18N2O3. The highest BCUT2D eigenvalue weighted by atomic mass is 16.5. The molecule has 0 spiro atoms. The summed E-state index contributed by atoms with van der Waals surface area (Å²) in [4.78, 5) is 11.8. The molecule has 18 heavy (non-hydrogen) atoms. The van der Waals surface area contributed by atoms with Crippen LogP contribution in [0, 0.1) is 0 Å². The highest BCUT2D eigenvalue weighted by Crippen LogP contribution is 2.15. The van der Waals surface area contributed by atoms with Crippen molar-refractivity contribution in [3.05, 3.63) is 24.3 Å². The molecule has 2 rings (SSSR count). The topological polar surface area (TPSA) is 59.6 Å². The number of hydrogen-bond acceptors (Lipinski definition) is 4. The smallest absolute Gasteiger partial charge is 0.227 e. The fraction of sp³-hybridized carbons (Fsp3) is 0.462. The molecule has 1 amide bonds. The first-order valence-corrected chi connectivity index (χ1v) is 6.04. The Bertz CT molecular complexity index is 386. The molecular weight excluding hydrogens is 232 g/mol. The summed E-state index contributed by atoms with van der Waals surface area (Å²) in [5.74, 6) is 0.738. The van der Waals surface area contributed by atoms with E-state index in [9.17, 15) is 4.79 Å². The second-order valence-electron chi connectivity index (χ2n) is 4.18. The molecule has 1 fully saturated rings. The van der Waals surface area contributed by atoms with Crippen molar-refractivity contribution in [1.29, 1.82) is 0 Å². The number of rotatable bonds is 4. The van der Waals surface area contributed by atoms with Crippen LogP contribution in [0.15, 0.2) is 24.3 Å². The van der Waals surface area contributed by atoms with E-state index in [4.69, 9.17) is 9.47 Å². The number of nitrogens with one attached hydrogen (secondary N) is 2. The number of ether oxygens (including phenoxy) is 2. The fourth-order valence-corrected chi connectivity index (χ4v) is 1.84. The first kappa shape index (κ1) is 12.9. The van der Waals surface area contributed by atoms with Gasteiger partial charge in [0.05, 0.1) is 26.2 Å². The van der Waals surface area contributed by atoms with E-state index in [-0.39, 0.29) is 12.0 Å². The predicted molar refractivity (Wildman–Crippen MR) is 68.9 cm³/mol. The SMILES string of the molecule is COc1ccc(NC(=O)CC2CNCCO2)cc1. The fourth-order valence-electron chi connectivity index (χ4n) is 1.84. The van der Waals surface area contributed by atoms with E-state index in [0.29, 0.717) is 13.0 Å². The molecule has 1 heterocycles. The summed E-state index contributed by atoms with van der Waals surface area (Å²) in [7, 11) is 1.61. The molecule has 5 heteroatoms. The molecule has 1 aromatic rings. The Balaban J connectivity index is 1.82. The summed E-state index contributed by atoms with van der Waals surface area (Å²) in [6.07, 6.45) is 0.343.